The second-order valence-electron chi connectivity index (χ2n) is 14.9. The fourth-order valence-corrected chi connectivity index (χ4v) is 6.12. The first-order valence-electron chi connectivity index (χ1n) is 14.1. The summed E-state index contributed by atoms with van der Waals surface area (Å²) in [4.78, 5) is 27.6. The van der Waals surface area contributed by atoms with Gasteiger partial charge < -0.3 is 15.3 Å². The maximum Gasteiger partial charge on any atom is 0.321 e. The minimum Gasteiger partial charge on any atom is -0.507 e. The molecule has 1 atom stereocenters. The summed E-state index contributed by atoms with van der Waals surface area (Å²) in [5.41, 5.74) is -0.426. The van der Waals surface area contributed by atoms with Gasteiger partial charge in [-0.05, 0) is 93.9 Å². The fourth-order valence-electron chi connectivity index (χ4n) is 6.12. The van der Waals surface area contributed by atoms with Gasteiger partial charge >= 0.3 is 11.9 Å². The number of carbonyl (C=O) groups is 2. The van der Waals surface area contributed by atoms with Crippen LogP contribution in [0.4, 0.5) is 0 Å². The third-order valence-electron chi connectivity index (χ3n) is 9.46. The lowest BCUT2D eigenvalue weighted by molar-refractivity contribution is -0.165. The molecule has 1 saturated heterocycles. The second kappa shape index (κ2) is 10.8. The predicted molar refractivity (Wildman–Crippen MR) is 154 cm³/mol. The van der Waals surface area contributed by atoms with Crippen LogP contribution in [0.25, 0.3) is 0 Å². The molecule has 0 radical (unpaired) electrons. The van der Waals surface area contributed by atoms with Gasteiger partial charge in [0.25, 0.3) is 0 Å². The normalized spacial score (nSPS) is 20.3. The zero-order valence-corrected chi connectivity index (χ0v) is 25.8. The molecule has 2 rings (SSSR count). The zero-order valence-electron chi connectivity index (χ0n) is 25.8. The molecule has 1 aliphatic rings. The molecule has 0 aromatic heterocycles. The van der Waals surface area contributed by atoms with Gasteiger partial charge in [0.2, 0.25) is 0 Å². The highest BCUT2D eigenvalue weighted by Crippen LogP contribution is 2.44. The third kappa shape index (κ3) is 6.55. The predicted octanol–water partition coefficient (Wildman–Crippen LogP) is 7.14. The van der Waals surface area contributed by atoms with Crippen LogP contribution in [0.15, 0.2) is 12.1 Å². The molecule has 3 N–H and O–H groups in total. The Hall–Kier alpha value is -2.08. The quantitative estimate of drug-likeness (QED) is 0.231. The summed E-state index contributed by atoms with van der Waals surface area (Å²) in [5, 5.41) is 31.7. The van der Waals surface area contributed by atoms with Crippen molar-refractivity contribution >= 4 is 11.9 Å². The van der Waals surface area contributed by atoms with Gasteiger partial charge in [0.05, 0.1) is 0 Å². The van der Waals surface area contributed by atoms with Crippen molar-refractivity contribution in [2.24, 2.45) is 11.3 Å². The number of likely N-dealkylation sites (tertiary alicyclic amines) is 1. The van der Waals surface area contributed by atoms with Crippen molar-refractivity contribution < 1.29 is 24.9 Å². The zero-order chi connectivity index (χ0) is 29.5. The van der Waals surface area contributed by atoms with Crippen molar-refractivity contribution in [2.45, 2.75) is 136 Å². The Morgan fingerprint density at radius 2 is 1.50 bits per heavy atom. The monoisotopic (exact) mass is 531 g/mol. The first kappa shape index (κ1) is 32.1. The van der Waals surface area contributed by atoms with Gasteiger partial charge in [0, 0.05) is 17.5 Å². The molecule has 1 aliphatic heterocycles. The number of hydrogen-bond donors (Lipinski definition) is 3. The Bertz CT molecular complexity index is 1010. The van der Waals surface area contributed by atoms with E-state index >= 15 is 0 Å². The average Bonchev–Trinajstić information content (AvgIpc) is 2.75. The van der Waals surface area contributed by atoms with Crippen LogP contribution < -0.4 is 0 Å². The minimum absolute atomic E-state index is 0.00646. The molecule has 0 bridgehead atoms. The van der Waals surface area contributed by atoms with E-state index < -0.39 is 17.4 Å². The van der Waals surface area contributed by atoms with Crippen LogP contribution in [0.3, 0.4) is 0 Å². The maximum atomic E-state index is 12.6. The first-order valence-corrected chi connectivity index (χ1v) is 14.1. The summed E-state index contributed by atoms with van der Waals surface area (Å²) in [6, 6.07) is 3.76. The number of phenolic OH excluding ortho intramolecular Hbond substituents is 1. The van der Waals surface area contributed by atoms with E-state index in [1.54, 1.807) is 6.07 Å². The summed E-state index contributed by atoms with van der Waals surface area (Å²) >= 11 is 0. The number of phenols is 1. The maximum absolute atomic E-state index is 12.6. The molecule has 0 spiro atoms. The first-order chi connectivity index (χ1) is 17.1. The lowest BCUT2D eigenvalue weighted by atomic mass is 9.70. The second-order valence-corrected chi connectivity index (χ2v) is 14.9. The van der Waals surface area contributed by atoms with E-state index in [0.717, 1.165) is 31.2 Å². The van der Waals surface area contributed by atoms with Crippen molar-refractivity contribution in [1.29, 1.82) is 0 Å². The number of unbranched alkanes of at least 4 members (excludes halogenated alkanes) is 1. The lowest BCUT2D eigenvalue weighted by Gasteiger charge is -2.55. The van der Waals surface area contributed by atoms with Crippen LogP contribution in [0, 0.1) is 11.3 Å². The van der Waals surface area contributed by atoms with Crippen molar-refractivity contribution in [3.8, 4) is 5.75 Å². The van der Waals surface area contributed by atoms with E-state index in [0.29, 0.717) is 23.5 Å². The van der Waals surface area contributed by atoms with E-state index in [1.807, 2.05) is 26.8 Å². The van der Waals surface area contributed by atoms with E-state index in [4.69, 9.17) is 0 Å². The smallest absolute Gasteiger partial charge is 0.321 e. The van der Waals surface area contributed by atoms with Gasteiger partial charge in [-0.2, -0.15) is 0 Å². The molecule has 1 aromatic carbocycles. The van der Waals surface area contributed by atoms with E-state index in [2.05, 4.69) is 60.4 Å². The van der Waals surface area contributed by atoms with Crippen LogP contribution in [0.5, 0.6) is 5.75 Å². The number of hydrogen-bond acceptors (Lipinski definition) is 4. The third-order valence-corrected chi connectivity index (χ3v) is 9.46. The summed E-state index contributed by atoms with van der Waals surface area (Å²) in [5.74, 6) is -2.22. The summed E-state index contributed by atoms with van der Waals surface area (Å²) in [6.45, 7) is 21.2. The standard InChI is InChI=1S/C32H53NO5/c1-28(2,3)23-18-21(25(34)24(19-23)29(4,5)6)20-32(26(35)36,27(37)38)16-13-12-14-22-15-17-30(7,8)33(11)31(22,9)10/h18-19,22,34H,12-17,20H2,1-11H3,(H,35,36)(H,37,38). The Balaban J connectivity index is 2.33. The summed E-state index contributed by atoms with van der Waals surface area (Å²) in [7, 11) is 2.18. The lowest BCUT2D eigenvalue weighted by Crippen LogP contribution is -2.60. The highest BCUT2D eigenvalue weighted by molar-refractivity contribution is 5.98. The van der Waals surface area contributed by atoms with Crippen molar-refractivity contribution in [2.75, 3.05) is 7.05 Å². The van der Waals surface area contributed by atoms with Gasteiger partial charge in [-0.25, -0.2) is 0 Å². The molecule has 0 saturated carbocycles. The number of benzene rings is 1. The number of aromatic hydroxyl groups is 1. The number of piperidine rings is 1. The number of nitrogens with zero attached hydrogens (tertiary/aromatic N) is 1. The van der Waals surface area contributed by atoms with Gasteiger partial charge in [0.1, 0.15) is 5.75 Å². The molecule has 216 valence electrons. The SMILES string of the molecule is CN1C(C)(C)CCC(CCCCC(Cc2cc(C(C)(C)C)cc(C(C)(C)C)c2O)(C(=O)O)C(=O)O)C1(C)C. The van der Waals surface area contributed by atoms with Crippen molar-refractivity contribution in [3.63, 3.8) is 0 Å². The largest absolute Gasteiger partial charge is 0.507 e. The number of aliphatic carboxylic acids is 2. The van der Waals surface area contributed by atoms with E-state index in [9.17, 15) is 24.9 Å². The van der Waals surface area contributed by atoms with Gasteiger partial charge in [-0.1, -0.05) is 66.5 Å². The Labute approximate surface area is 230 Å². The molecule has 38 heavy (non-hydrogen) atoms. The number of rotatable bonds is 9. The molecule has 0 amide bonds. The van der Waals surface area contributed by atoms with Gasteiger partial charge in [-0.3, -0.25) is 14.5 Å². The van der Waals surface area contributed by atoms with Gasteiger partial charge in [0.15, 0.2) is 5.41 Å². The van der Waals surface area contributed by atoms with Gasteiger partial charge in [-0.15, -0.1) is 0 Å². The molecule has 0 aliphatic carbocycles. The van der Waals surface area contributed by atoms with Crippen LogP contribution in [-0.4, -0.2) is 50.3 Å². The highest BCUT2D eigenvalue weighted by atomic mass is 16.4. The molecule has 6 nitrogen and oxygen atoms in total. The molecule has 1 fully saturated rings. The number of carboxylic acid groups (broad SMARTS) is 2. The van der Waals surface area contributed by atoms with Crippen LogP contribution in [0.2, 0.25) is 0 Å². The molecular formula is C32H53NO5. The summed E-state index contributed by atoms with van der Waals surface area (Å²) in [6.07, 6.45) is 4.19. The summed E-state index contributed by atoms with van der Waals surface area (Å²) < 4.78 is 0. The van der Waals surface area contributed by atoms with Crippen LogP contribution >= 0.6 is 0 Å². The molecule has 6 heteroatoms. The molecule has 1 unspecified atom stereocenters. The Morgan fingerprint density at radius 1 is 0.947 bits per heavy atom. The number of carboxylic acids is 2. The Morgan fingerprint density at radius 3 is 1.97 bits per heavy atom. The van der Waals surface area contributed by atoms with E-state index in [-0.39, 0.29) is 40.5 Å². The van der Waals surface area contributed by atoms with Crippen molar-refractivity contribution in [1.82, 2.24) is 4.90 Å². The highest BCUT2D eigenvalue weighted by Gasteiger charge is 2.48. The minimum atomic E-state index is -2.00. The molecular weight excluding hydrogens is 478 g/mol. The van der Waals surface area contributed by atoms with Crippen LogP contribution in [-0.2, 0) is 26.8 Å². The van der Waals surface area contributed by atoms with Crippen molar-refractivity contribution in [3.05, 3.63) is 28.8 Å². The van der Waals surface area contributed by atoms with E-state index in [1.165, 1.54) is 0 Å². The molecule has 1 aromatic rings. The average molecular weight is 532 g/mol. The topological polar surface area (TPSA) is 98.1 Å². The fraction of sp³-hybridized carbons (Fsp3) is 0.750. The Kier molecular flexibility index (Phi) is 9.15. The molecule has 1 heterocycles. The van der Waals surface area contributed by atoms with Crippen LogP contribution in [0.1, 0.15) is 124 Å².